The van der Waals surface area contributed by atoms with Gasteiger partial charge in [0.15, 0.2) is 6.61 Å². The first-order chi connectivity index (χ1) is 9.15. The van der Waals surface area contributed by atoms with Crippen molar-refractivity contribution in [3.63, 3.8) is 0 Å². The first-order valence-corrected chi connectivity index (χ1v) is 5.99. The van der Waals surface area contributed by atoms with Crippen LogP contribution in [0.3, 0.4) is 0 Å². The molecule has 0 spiro atoms. The van der Waals surface area contributed by atoms with Crippen LogP contribution in [0, 0.1) is 6.92 Å². The van der Waals surface area contributed by atoms with Crippen molar-refractivity contribution in [1.82, 2.24) is 20.5 Å². The van der Waals surface area contributed by atoms with E-state index in [4.69, 9.17) is 4.74 Å². The summed E-state index contributed by atoms with van der Waals surface area (Å²) in [6, 6.07) is 7.32. The summed E-state index contributed by atoms with van der Waals surface area (Å²) in [5.74, 6) is 1.08. The highest BCUT2D eigenvalue weighted by molar-refractivity contribution is 5.77. The molecular weight excluding hydrogens is 244 g/mol. The van der Waals surface area contributed by atoms with Crippen LogP contribution in [0.15, 0.2) is 30.6 Å². The molecule has 0 saturated carbocycles. The molecule has 1 aromatic carbocycles. The van der Waals surface area contributed by atoms with E-state index >= 15 is 0 Å². The Kier molecular flexibility index (Phi) is 4.12. The molecule has 0 aliphatic rings. The van der Waals surface area contributed by atoms with Gasteiger partial charge in [-0.2, -0.15) is 5.10 Å². The lowest BCUT2D eigenvalue weighted by molar-refractivity contribution is -0.123. The zero-order valence-corrected chi connectivity index (χ0v) is 10.9. The fraction of sp³-hybridized carbons (Fsp3) is 0.308. The average Bonchev–Trinajstić information content (AvgIpc) is 2.92. The van der Waals surface area contributed by atoms with Gasteiger partial charge in [-0.15, -0.1) is 0 Å². The van der Waals surface area contributed by atoms with Crippen LogP contribution < -0.4 is 10.1 Å². The number of amides is 1. The van der Waals surface area contributed by atoms with Crippen molar-refractivity contribution in [2.24, 2.45) is 0 Å². The number of benzene rings is 1. The van der Waals surface area contributed by atoms with E-state index in [2.05, 4.69) is 20.5 Å². The van der Waals surface area contributed by atoms with Gasteiger partial charge in [-0.05, 0) is 26.0 Å². The first kappa shape index (κ1) is 13.1. The highest BCUT2D eigenvalue weighted by atomic mass is 16.5. The third-order valence-electron chi connectivity index (χ3n) is 2.61. The molecule has 1 unspecified atom stereocenters. The number of carbonyl (C=O) groups is 1. The molecule has 1 heterocycles. The minimum atomic E-state index is -0.225. The highest BCUT2D eigenvalue weighted by Gasteiger charge is 2.12. The zero-order valence-electron chi connectivity index (χ0n) is 10.9. The van der Waals surface area contributed by atoms with Crippen molar-refractivity contribution in [3.05, 3.63) is 42.0 Å². The van der Waals surface area contributed by atoms with Gasteiger partial charge in [0.05, 0.1) is 6.04 Å². The number of H-pyrrole nitrogens is 1. The lowest BCUT2D eigenvalue weighted by Crippen LogP contribution is -2.31. The zero-order chi connectivity index (χ0) is 13.7. The van der Waals surface area contributed by atoms with Crippen LogP contribution in [0.4, 0.5) is 0 Å². The molecule has 0 aliphatic heterocycles. The molecule has 100 valence electrons. The number of ether oxygens (including phenoxy) is 1. The molecule has 2 rings (SSSR count). The van der Waals surface area contributed by atoms with Crippen LogP contribution in [0.25, 0.3) is 0 Å². The van der Waals surface area contributed by atoms with Crippen LogP contribution in [-0.4, -0.2) is 27.7 Å². The third-order valence-corrected chi connectivity index (χ3v) is 2.61. The summed E-state index contributed by atoms with van der Waals surface area (Å²) in [5, 5.41) is 9.21. The highest BCUT2D eigenvalue weighted by Crippen LogP contribution is 2.11. The Bertz CT molecular complexity index is 522. The molecule has 2 N–H and O–H groups in total. The Labute approximate surface area is 111 Å². The van der Waals surface area contributed by atoms with Gasteiger partial charge in [0, 0.05) is 0 Å². The standard InChI is InChI=1S/C13H16N4O2/c1-9-3-5-11(6-4-9)19-7-12(18)16-10(2)13-14-8-15-17-13/h3-6,8,10H,7H2,1-2H3,(H,16,18)(H,14,15,17). The molecule has 1 atom stereocenters. The van der Waals surface area contributed by atoms with Crippen molar-refractivity contribution in [2.75, 3.05) is 6.61 Å². The third kappa shape index (κ3) is 3.80. The molecule has 6 heteroatoms. The fourth-order valence-electron chi connectivity index (χ4n) is 1.56. The molecule has 0 fully saturated rings. The number of aromatic amines is 1. The first-order valence-electron chi connectivity index (χ1n) is 5.99. The van der Waals surface area contributed by atoms with E-state index in [9.17, 15) is 4.79 Å². The minimum Gasteiger partial charge on any atom is -0.484 e. The second-order valence-electron chi connectivity index (χ2n) is 4.26. The van der Waals surface area contributed by atoms with Gasteiger partial charge in [0.2, 0.25) is 0 Å². The Morgan fingerprint density at radius 3 is 2.79 bits per heavy atom. The number of nitrogens with one attached hydrogen (secondary N) is 2. The number of carbonyl (C=O) groups excluding carboxylic acids is 1. The Morgan fingerprint density at radius 2 is 2.16 bits per heavy atom. The van der Waals surface area contributed by atoms with Gasteiger partial charge in [0.25, 0.3) is 5.91 Å². The summed E-state index contributed by atoms with van der Waals surface area (Å²) in [6.45, 7) is 3.79. The van der Waals surface area contributed by atoms with Gasteiger partial charge in [-0.1, -0.05) is 17.7 Å². The molecule has 0 aliphatic carbocycles. The number of aryl methyl sites for hydroxylation is 1. The topological polar surface area (TPSA) is 79.9 Å². The van der Waals surface area contributed by atoms with Crippen molar-refractivity contribution in [1.29, 1.82) is 0 Å². The molecule has 0 radical (unpaired) electrons. The summed E-state index contributed by atoms with van der Waals surface area (Å²) in [7, 11) is 0. The smallest absolute Gasteiger partial charge is 0.258 e. The van der Waals surface area contributed by atoms with Crippen LogP contribution in [0.2, 0.25) is 0 Å². The predicted octanol–water partition coefficient (Wildman–Crippen LogP) is 1.37. The molecule has 19 heavy (non-hydrogen) atoms. The monoisotopic (exact) mass is 260 g/mol. The average molecular weight is 260 g/mol. The number of aromatic nitrogens is 3. The van der Waals surface area contributed by atoms with E-state index in [-0.39, 0.29) is 18.6 Å². The number of rotatable bonds is 5. The fourth-order valence-corrected chi connectivity index (χ4v) is 1.56. The van der Waals surface area contributed by atoms with Crippen LogP contribution in [-0.2, 0) is 4.79 Å². The lowest BCUT2D eigenvalue weighted by Gasteiger charge is -2.11. The molecule has 0 bridgehead atoms. The lowest BCUT2D eigenvalue weighted by atomic mass is 10.2. The Balaban J connectivity index is 1.80. The summed E-state index contributed by atoms with van der Waals surface area (Å²) >= 11 is 0. The molecule has 1 amide bonds. The van der Waals surface area contributed by atoms with E-state index in [1.807, 2.05) is 38.1 Å². The number of nitrogens with zero attached hydrogens (tertiary/aromatic N) is 2. The maximum atomic E-state index is 11.7. The van der Waals surface area contributed by atoms with Gasteiger partial charge < -0.3 is 10.1 Å². The summed E-state index contributed by atoms with van der Waals surface area (Å²) < 4.78 is 5.38. The van der Waals surface area contributed by atoms with E-state index in [1.54, 1.807) is 0 Å². The molecule has 0 saturated heterocycles. The minimum absolute atomic E-state index is 0.0263. The van der Waals surface area contributed by atoms with Gasteiger partial charge >= 0.3 is 0 Å². The van der Waals surface area contributed by atoms with Crippen LogP contribution >= 0.6 is 0 Å². The van der Waals surface area contributed by atoms with Crippen molar-refractivity contribution >= 4 is 5.91 Å². The van der Waals surface area contributed by atoms with Gasteiger partial charge in [0.1, 0.15) is 17.9 Å². The normalized spacial score (nSPS) is 11.9. The largest absolute Gasteiger partial charge is 0.484 e. The second-order valence-corrected chi connectivity index (χ2v) is 4.26. The number of hydrogen-bond donors (Lipinski definition) is 2. The van der Waals surface area contributed by atoms with Gasteiger partial charge in [-0.3, -0.25) is 9.89 Å². The Morgan fingerprint density at radius 1 is 1.42 bits per heavy atom. The van der Waals surface area contributed by atoms with Gasteiger partial charge in [-0.25, -0.2) is 4.98 Å². The molecule has 2 aromatic rings. The van der Waals surface area contributed by atoms with Crippen molar-refractivity contribution in [2.45, 2.75) is 19.9 Å². The second kappa shape index (κ2) is 5.99. The van der Waals surface area contributed by atoms with E-state index in [0.29, 0.717) is 11.6 Å². The van der Waals surface area contributed by atoms with E-state index in [1.165, 1.54) is 6.33 Å². The predicted molar refractivity (Wildman–Crippen MR) is 69.6 cm³/mol. The van der Waals surface area contributed by atoms with Crippen molar-refractivity contribution in [3.8, 4) is 5.75 Å². The SMILES string of the molecule is Cc1ccc(OCC(=O)NC(C)c2ncn[nH]2)cc1. The van der Waals surface area contributed by atoms with Crippen molar-refractivity contribution < 1.29 is 9.53 Å². The summed E-state index contributed by atoms with van der Waals surface area (Å²) in [6.07, 6.45) is 1.40. The van der Waals surface area contributed by atoms with E-state index < -0.39 is 0 Å². The summed E-state index contributed by atoms with van der Waals surface area (Å²) in [4.78, 5) is 15.7. The quantitative estimate of drug-likeness (QED) is 0.851. The number of hydrogen-bond acceptors (Lipinski definition) is 4. The molecule has 6 nitrogen and oxygen atoms in total. The maximum absolute atomic E-state index is 11.7. The van der Waals surface area contributed by atoms with Crippen LogP contribution in [0.1, 0.15) is 24.4 Å². The summed E-state index contributed by atoms with van der Waals surface area (Å²) in [5.41, 5.74) is 1.15. The van der Waals surface area contributed by atoms with E-state index in [0.717, 1.165) is 5.56 Å². The maximum Gasteiger partial charge on any atom is 0.258 e. The molecule has 1 aromatic heterocycles. The van der Waals surface area contributed by atoms with Crippen LogP contribution in [0.5, 0.6) is 5.75 Å². The Hall–Kier alpha value is -2.37. The molecular formula is C13H16N4O2.